The predicted molar refractivity (Wildman–Crippen MR) is 126 cm³/mol. The van der Waals surface area contributed by atoms with Crippen molar-refractivity contribution in [1.29, 1.82) is 0 Å². The summed E-state index contributed by atoms with van der Waals surface area (Å²) in [5.74, 6) is 0.493. The highest BCUT2D eigenvalue weighted by atomic mass is 32.2. The van der Waals surface area contributed by atoms with Gasteiger partial charge in [-0.25, -0.2) is 4.98 Å². The summed E-state index contributed by atoms with van der Waals surface area (Å²) in [4.78, 5) is 35.7. The third-order valence-electron chi connectivity index (χ3n) is 6.03. The number of ether oxygens (including phenoxy) is 1. The zero-order chi connectivity index (χ0) is 21.5. The number of carbonyl (C=O) groups is 1. The molecule has 1 atom stereocenters. The molecule has 5 heterocycles. The predicted octanol–water partition coefficient (Wildman–Crippen LogP) is 2.98. The van der Waals surface area contributed by atoms with Gasteiger partial charge < -0.3 is 9.64 Å². The summed E-state index contributed by atoms with van der Waals surface area (Å²) in [6.07, 6.45) is 7.52. The minimum atomic E-state index is -0.167. The van der Waals surface area contributed by atoms with Gasteiger partial charge in [-0.1, -0.05) is 30.0 Å². The summed E-state index contributed by atoms with van der Waals surface area (Å²) < 4.78 is 7.75. The van der Waals surface area contributed by atoms with Crippen molar-refractivity contribution in [2.75, 3.05) is 31.1 Å². The van der Waals surface area contributed by atoms with Gasteiger partial charge in [0.15, 0.2) is 0 Å². The lowest BCUT2D eigenvalue weighted by Gasteiger charge is -2.20. The van der Waals surface area contributed by atoms with E-state index in [1.165, 1.54) is 11.8 Å². The summed E-state index contributed by atoms with van der Waals surface area (Å²) in [7, 11) is 0. The van der Waals surface area contributed by atoms with Crippen molar-refractivity contribution < 1.29 is 9.53 Å². The molecule has 7 nitrogen and oxygen atoms in total. The van der Waals surface area contributed by atoms with Crippen LogP contribution in [0.5, 0.6) is 0 Å². The number of amides is 1. The highest BCUT2D eigenvalue weighted by molar-refractivity contribution is 8.26. The van der Waals surface area contributed by atoms with Gasteiger partial charge in [0.05, 0.1) is 23.1 Å². The van der Waals surface area contributed by atoms with E-state index in [0.717, 1.165) is 50.9 Å². The van der Waals surface area contributed by atoms with Crippen molar-refractivity contribution in [2.45, 2.75) is 38.7 Å². The van der Waals surface area contributed by atoms with Crippen molar-refractivity contribution in [2.24, 2.45) is 0 Å². The van der Waals surface area contributed by atoms with E-state index in [0.29, 0.717) is 32.8 Å². The highest BCUT2D eigenvalue weighted by Gasteiger charge is 2.35. The molecule has 3 aliphatic heterocycles. The second-order valence-electron chi connectivity index (χ2n) is 8.16. The van der Waals surface area contributed by atoms with Gasteiger partial charge >= 0.3 is 0 Å². The fourth-order valence-electron chi connectivity index (χ4n) is 4.38. The maximum Gasteiger partial charge on any atom is 0.267 e. The number of aromatic nitrogens is 2. The molecule has 5 rings (SSSR count). The van der Waals surface area contributed by atoms with Crippen molar-refractivity contribution in [3.63, 3.8) is 0 Å². The summed E-state index contributed by atoms with van der Waals surface area (Å²) in [6, 6.07) is 3.79. The van der Waals surface area contributed by atoms with Gasteiger partial charge in [-0.15, -0.1) is 0 Å². The molecule has 0 aromatic carbocycles. The van der Waals surface area contributed by atoms with Crippen LogP contribution in [0, 0.1) is 6.92 Å². The van der Waals surface area contributed by atoms with Crippen LogP contribution < -0.4 is 10.5 Å². The van der Waals surface area contributed by atoms with Crippen molar-refractivity contribution >= 4 is 51.7 Å². The molecule has 0 spiro atoms. The first kappa shape index (κ1) is 20.7. The number of pyridine rings is 1. The van der Waals surface area contributed by atoms with E-state index < -0.39 is 0 Å². The number of thioether (sulfide) groups is 1. The fourth-order valence-corrected chi connectivity index (χ4v) is 5.63. The lowest BCUT2D eigenvalue weighted by Crippen LogP contribution is -2.35. The minimum absolute atomic E-state index is 0.0259. The standard InChI is InChI=1S/C22H24N4O3S2/c1-14-6-4-10-25-18(14)23-19(24-8-2-3-9-24)16(20(25)27)12-17-21(28)26(22(30)31-17)13-15-7-5-11-29-15/h4,6,10,12,15H,2-3,5,7-9,11,13H2,1H3/b17-12+/t15-/m1/s1. The molecule has 0 N–H and O–H groups in total. The number of hydrogen-bond acceptors (Lipinski definition) is 7. The van der Waals surface area contributed by atoms with Crippen LogP contribution >= 0.6 is 24.0 Å². The van der Waals surface area contributed by atoms with Gasteiger partial charge in [0.1, 0.15) is 15.8 Å². The molecule has 0 bridgehead atoms. The van der Waals surface area contributed by atoms with Crippen LogP contribution in [0.1, 0.15) is 36.8 Å². The van der Waals surface area contributed by atoms with E-state index in [-0.39, 0.29) is 17.6 Å². The molecular weight excluding hydrogens is 432 g/mol. The number of thiocarbonyl (C=S) groups is 1. The topological polar surface area (TPSA) is 67.2 Å². The molecule has 162 valence electrons. The lowest BCUT2D eigenvalue weighted by molar-refractivity contribution is -0.123. The molecule has 0 unspecified atom stereocenters. The quantitative estimate of drug-likeness (QED) is 0.518. The van der Waals surface area contributed by atoms with E-state index in [1.54, 1.807) is 21.6 Å². The Bertz CT molecular complexity index is 1150. The zero-order valence-electron chi connectivity index (χ0n) is 17.4. The fraction of sp³-hybridized carbons (Fsp3) is 0.455. The number of fused-ring (bicyclic) bond motifs is 1. The molecule has 0 saturated carbocycles. The average Bonchev–Trinajstić information content (AvgIpc) is 3.51. The monoisotopic (exact) mass is 456 g/mol. The first-order valence-electron chi connectivity index (χ1n) is 10.7. The van der Waals surface area contributed by atoms with Gasteiger partial charge in [0, 0.05) is 25.9 Å². The minimum Gasteiger partial charge on any atom is -0.376 e. The molecule has 3 aliphatic rings. The first-order chi connectivity index (χ1) is 15.0. The van der Waals surface area contributed by atoms with E-state index in [2.05, 4.69) is 4.90 Å². The number of anilines is 1. The Kier molecular flexibility index (Phi) is 5.58. The number of nitrogens with zero attached hydrogens (tertiary/aromatic N) is 4. The van der Waals surface area contributed by atoms with E-state index in [1.807, 2.05) is 19.1 Å². The van der Waals surface area contributed by atoms with Crippen LogP contribution in [0.4, 0.5) is 5.82 Å². The Hall–Kier alpha value is -2.23. The smallest absolute Gasteiger partial charge is 0.267 e. The Balaban J connectivity index is 1.57. The van der Waals surface area contributed by atoms with Gasteiger partial charge in [-0.3, -0.25) is 18.9 Å². The second kappa shape index (κ2) is 8.37. The number of aryl methyl sites for hydroxylation is 1. The third-order valence-corrected chi connectivity index (χ3v) is 7.41. The van der Waals surface area contributed by atoms with Gasteiger partial charge in [0.25, 0.3) is 11.5 Å². The first-order valence-corrected chi connectivity index (χ1v) is 11.9. The highest BCUT2D eigenvalue weighted by Crippen LogP contribution is 2.34. The summed E-state index contributed by atoms with van der Waals surface area (Å²) in [5.41, 5.74) is 1.87. The number of rotatable bonds is 4. The Morgan fingerprint density at radius 2 is 2.10 bits per heavy atom. The number of carbonyl (C=O) groups excluding carboxylic acids is 1. The average molecular weight is 457 g/mol. The van der Waals surface area contributed by atoms with E-state index in [4.69, 9.17) is 21.9 Å². The third kappa shape index (κ3) is 3.79. The Morgan fingerprint density at radius 1 is 1.29 bits per heavy atom. The maximum absolute atomic E-state index is 13.5. The molecule has 3 saturated heterocycles. The summed E-state index contributed by atoms with van der Waals surface area (Å²) in [5, 5.41) is 0. The van der Waals surface area contributed by atoms with Crippen LogP contribution in [-0.2, 0) is 9.53 Å². The number of hydrogen-bond donors (Lipinski definition) is 0. The van der Waals surface area contributed by atoms with Crippen LogP contribution in [0.2, 0.25) is 0 Å². The summed E-state index contributed by atoms with van der Waals surface area (Å²) in [6.45, 7) is 4.86. The van der Waals surface area contributed by atoms with E-state index >= 15 is 0 Å². The molecular formula is C22H24N4O3S2. The molecule has 3 fully saturated rings. The Morgan fingerprint density at radius 3 is 2.84 bits per heavy atom. The van der Waals surface area contributed by atoms with E-state index in [9.17, 15) is 9.59 Å². The van der Waals surface area contributed by atoms with Crippen LogP contribution in [0.25, 0.3) is 11.7 Å². The van der Waals surface area contributed by atoms with Crippen molar-refractivity contribution in [3.8, 4) is 0 Å². The molecule has 0 aliphatic carbocycles. The molecule has 9 heteroatoms. The molecule has 31 heavy (non-hydrogen) atoms. The summed E-state index contributed by atoms with van der Waals surface area (Å²) >= 11 is 6.72. The van der Waals surface area contributed by atoms with Crippen LogP contribution in [0.15, 0.2) is 28.0 Å². The van der Waals surface area contributed by atoms with Gasteiger partial charge in [-0.05, 0) is 50.3 Å². The normalized spacial score (nSPS) is 23.1. The van der Waals surface area contributed by atoms with Crippen LogP contribution in [-0.4, -0.2) is 56.9 Å². The largest absolute Gasteiger partial charge is 0.376 e. The van der Waals surface area contributed by atoms with Gasteiger partial charge in [0.2, 0.25) is 0 Å². The maximum atomic E-state index is 13.5. The van der Waals surface area contributed by atoms with Crippen LogP contribution in [0.3, 0.4) is 0 Å². The Labute approximate surface area is 190 Å². The second-order valence-corrected chi connectivity index (χ2v) is 9.84. The zero-order valence-corrected chi connectivity index (χ0v) is 19.0. The molecule has 2 aromatic heterocycles. The molecule has 1 amide bonds. The van der Waals surface area contributed by atoms with Gasteiger partial charge in [-0.2, -0.15) is 0 Å². The molecule has 0 radical (unpaired) electrons. The van der Waals surface area contributed by atoms with Crippen molar-refractivity contribution in [3.05, 3.63) is 44.7 Å². The van der Waals surface area contributed by atoms with Crippen molar-refractivity contribution in [1.82, 2.24) is 14.3 Å². The molecule has 2 aromatic rings. The SMILES string of the molecule is Cc1cccn2c(=O)c(/C=C3/SC(=S)N(C[C@H]4CCCO4)C3=O)c(N3CCCC3)nc12. The lowest BCUT2D eigenvalue weighted by atomic mass is 10.2.